The molecule has 0 amide bonds. The largest absolute Gasteiger partial charge is 0.474 e. The SMILES string of the molecule is ClCc1cncc(OCC2CCCO2)n1. The van der Waals surface area contributed by atoms with Crippen molar-refractivity contribution < 1.29 is 9.47 Å². The first-order valence-corrected chi connectivity index (χ1v) is 5.53. The Bertz CT molecular complexity index is 316. The summed E-state index contributed by atoms with van der Waals surface area (Å²) >= 11 is 5.64. The highest BCUT2D eigenvalue weighted by molar-refractivity contribution is 6.16. The predicted molar refractivity (Wildman–Crippen MR) is 56.1 cm³/mol. The molecule has 1 aliphatic heterocycles. The Morgan fingerprint density at radius 2 is 2.47 bits per heavy atom. The van der Waals surface area contributed by atoms with Crippen molar-refractivity contribution in [1.29, 1.82) is 0 Å². The van der Waals surface area contributed by atoms with Crippen molar-refractivity contribution in [2.24, 2.45) is 0 Å². The van der Waals surface area contributed by atoms with Gasteiger partial charge in [0.25, 0.3) is 0 Å². The zero-order chi connectivity index (χ0) is 10.5. The van der Waals surface area contributed by atoms with E-state index in [0.29, 0.717) is 18.4 Å². The highest BCUT2D eigenvalue weighted by Gasteiger charge is 2.16. The quantitative estimate of drug-likeness (QED) is 0.737. The standard InChI is InChI=1S/C10H13ClN2O2/c11-4-8-5-12-6-10(13-8)15-7-9-2-1-3-14-9/h5-6,9H,1-4,7H2. The first-order valence-electron chi connectivity index (χ1n) is 5.00. The van der Waals surface area contributed by atoms with E-state index in [1.807, 2.05) is 0 Å². The molecule has 4 nitrogen and oxygen atoms in total. The number of rotatable bonds is 4. The van der Waals surface area contributed by atoms with Gasteiger partial charge in [-0.25, -0.2) is 4.98 Å². The van der Waals surface area contributed by atoms with Crippen LogP contribution in [-0.4, -0.2) is 29.3 Å². The van der Waals surface area contributed by atoms with Crippen LogP contribution in [0.3, 0.4) is 0 Å². The molecule has 0 radical (unpaired) electrons. The molecule has 1 saturated heterocycles. The summed E-state index contributed by atoms with van der Waals surface area (Å²) in [5, 5.41) is 0. The summed E-state index contributed by atoms with van der Waals surface area (Å²) in [6, 6.07) is 0. The van der Waals surface area contributed by atoms with Gasteiger partial charge in [-0.1, -0.05) is 0 Å². The second-order valence-corrected chi connectivity index (χ2v) is 3.70. The molecule has 1 aliphatic rings. The number of nitrogens with zero attached hydrogens (tertiary/aromatic N) is 2. The van der Waals surface area contributed by atoms with Crippen LogP contribution in [0.4, 0.5) is 0 Å². The third kappa shape index (κ3) is 3.04. The zero-order valence-corrected chi connectivity index (χ0v) is 9.11. The maximum absolute atomic E-state index is 5.64. The van der Waals surface area contributed by atoms with Crippen molar-refractivity contribution in [3.8, 4) is 5.88 Å². The summed E-state index contributed by atoms with van der Waals surface area (Å²) in [6.07, 6.45) is 5.59. The molecule has 0 N–H and O–H groups in total. The van der Waals surface area contributed by atoms with Crippen molar-refractivity contribution in [3.05, 3.63) is 18.1 Å². The van der Waals surface area contributed by atoms with E-state index in [1.165, 1.54) is 0 Å². The topological polar surface area (TPSA) is 44.2 Å². The highest BCUT2D eigenvalue weighted by atomic mass is 35.5. The van der Waals surface area contributed by atoms with Crippen molar-refractivity contribution in [3.63, 3.8) is 0 Å². The van der Waals surface area contributed by atoms with E-state index in [-0.39, 0.29) is 6.10 Å². The van der Waals surface area contributed by atoms with Crippen LogP contribution in [0.25, 0.3) is 0 Å². The van der Waals surface area contributed by atoms with Crippen LogP contribution in [0.15, 0.2) is 12.4 Å². The molecule has 2 rings (SSSR count). The van der Waals surface area contributed by atoms with Gasteiger partial charge in [0, 0.05) is 12.8 Å². The van der Waals surface area contributed by atoms with Crippen molar-refractivity contribution in [2.45, 2.75) is 24.8 Å². The van der Waals surface area contributed by atoms with Gasteiger partial charge in [0.2, 0.25) is 5.88 Å². The number of hydrogen-bond donors (Lipinski definition) is 0. The average molecular weight is 229 g/mol. The summed E-state index contributed by atoms with van der Waals surface area (Å²) in [4.78, 5) is 8.17. The number of hydrogen-bond acceptors (Lipinski definition) is 4. The van der Waals surface area contributed by atoms with E-state index >= 15 is 0 Å². The summed E-state index contributed by atoms with van der Waals surface area (Å²) in [5.74, 6) is 0.869. The Labute approximate surface area is 93.6 Å². The van der Waals surface area contributed by atoms with E-state index in [2.05, 4.69) is 9.97 Å². The minimum Gasteiger partial charge on any atom is -0.474 e. The summed E-state index contributed by atoms with van der Waals surface area (Å²) in [6.45, 7) is 1.38. The molecule has 0 aromatic carbocycles. The minimum absolute atomic E-state index is 0.200. The Morgan fingerprint density at radius 1 is 1.53 bits per heavy atom. The lowest BCUT2D eigenvalue weighted by atomic mass is 10.2. The van der Waals surface area contributed by atoms with Gasteiger partial charge >= 0.3 is 0 Å². The van der Waals surface area contributed by atoms with Crippen LogP contribution >= 0.6 is 11.6 Å². The summed E-state index contributed by atoms with van der Waals surface area (Å²) in [7, 11) is 0. The lowest BCUT2D eigenvalue weighted by molar-refractivity contribution is 0.0661. The van der Waals surface area contributed by atoms with Gasteiger partial charge in [0.1, 0.15) is 6.61 Å². The highest BCUT2D eigenvalue weighted by Crippen LogP contribution is 2.14. The van der Waals surface area contributed by atoms with Crippen LogP contribution in [0, 0.1) is 0 Å². The molecule has 1 unspecified atom stereocenters. The van der Waals surface area contributed by atoms with Gasteiger partial charge in [-0.15, -0.1) is 11.6 Å². The molecular weight excluding hydrogens is 216 g/mol. The first-order chi connectivity index (χ1) is 7.38. The van der Waals surface area contributed by atoms with Crippen molar-refractivity contribution in [2.75, 3.05) is 13.2 Å². The lowest BCUT2D eigenvalue weighted by Gasteiger charge is -2.10. The number of alkyl halides is 1. The summed E-state index contributed by atoms with van der Waals surface area (Å²) < 4.78 is 10.9. The number of ether oxygens (including phenoxy) is 2. The molecule has 1 fully saturated rings. The molecule has 1 aromatic rings. The number of halogens is 1. The lowest BCUT2D eigenvalue weighted by Crippen LogP contribution is -2.16. The van der Waals surface area contributed by atoms with Gasteiger partial charge in [-0.05, 0) is 12.8 Å². The van der Waals surface area contributed by atoms with Gasteiger partial charge in [-0.3, -0.25) is 4.98 Å². The molecule has 0 bridgehead atoms. The molecule has 1 aromatic heterocycles. The van der Waals surface area contributed by atoms with E-state index in [4.69, 9.17) is 21.1 Å². The van der Waals surface area contributed by atoms with Crippen molar-refractivity contribution >= 4 is 11.6 Å². The van der Waals surface area contributed by atoms with Gasteiger partial charge < -0.3 is 9.47 Å². The van der Waals surface area contributed by atoms with Gasteiger partial charge in [0.05, 0.1) is 23.9 Å². The zero-order valence-electron chi connectivity index (χ0n) is 8.36. The maximum Gasteiger partial charge on any atom is 0.232 e. The Kier molecular flexibility index (Phi) is 3.75. The molecule has 82 valence electrons. The molecule has 2 heterocycles. The summed E-state index contributed by atoms with van der Waals surface area (Å²) in [5.41, 5.74) is 0.724. The van der Waals surface area contributed by atoms with Crippen LogP contribution in [0.1, 0.15) is 18.5 Å². The fourth-order valence-electron chi connectivity index (χ4n) is 1.47. The fraction of sp³-hybridized carbons (Fsp3) is 0.600. The third-order valence-corrected chi connectivity index (χ3v) is 2.51. The Morgan fingerprint density at radius 3 is 3.20 bits per heavy atom. The molecule has 15 heavy (non-hydrogen) atoms. The molecule has 5 heteroatoms. The molecule has 0 spiro atoms. The van der Waals surface area contributed by atoms with E-state index in [1.54, 1.807) is 12.4 Å². The maximum atomic E-state index is 5.64. The monoisotopic (exact) mass is 228 g/mol. The molecule has 0 aliphatic carbocycles. The van der Waals surface area contributed by atoms with E-state index in [0.717, 1.165) is 25.1 Å². The minimum atomic E-state index is 0.200. The Hall–Kier alpha value is -0.870. The van der Waals surface area contributed by atoms with E-state index in [9.17, 15) is 0 Å². The van der Waals surface area contributed by atoms with Crippen LogP contribution < -0.4 is 4.74 Å². The van der Waals surface area contributed by atoms with Gasteiger partial charge in [0.15, 0.2) is 0 Å². The number of aromatic nitrogens is 2. The molecule has 1 atom stereocenters. The van der Waals surface area contributed by atoms with Crippen LogP contribution in [-0.2, 0) is 10.6 Å². The van der Waals surface area contributed by atoms with Crippen molar-refractivity contribution in [1.82, 2.24) is 9.97 Å². The smallest absolute Gasteiger partial charge is 0.232 e. The van der Waals surface area contributed by atoms with Crippen LogP contribution in [0.2, 0.25) is 0 Å². The van der Waals surface area contributed by atoms with Crippen LogP contribution in [0.5, 0.6) is 5.88 Å². The molecular formula is C10H13ClN2O2. The van der Waals surface area contributed by atoms with E-state index < -0.39 is 0 Å². The van der Waals surface area contributed by atoms with Gasteiger partial charge in [-0.2, -0.15) is 0 Å². The second kappa shape index (κ2) is 5.28. The predicted octanol–water partition coefficient (Wildman–Crippen LogP) is 1.77. The third-order valence-electron chi connectivity index (χ3n) is 2.24. The fourth-order valence-corrected chi connectivity index (χ4v) is 1.60. The molecule has 0 saturated carbocycles. The Balaban J connectivity index is 1.86. The average Bonchev–Trinajstić information content (AvgIpc) is 2.79. The first kappa shape index (κ1) is 10.6. The normalized spacial score (nSPS) is 20.5. The second-order valence-electron chi connectivity index (χ2n) is 3.43.